The summed E-state index contributed by atoms with van der Waals surface area (Å²) in [5, 5.41) is 15.0. The molecule has 0 saturated carbocycles. The van der Waals surface area contributed by atoms with Crippen LogP contribution < -0.4 is 5.32 Å². The Morgan fingerprint density at radius 2 is 0.957 bits per heavy atom. The number of carbonyl (C=O) groups excluding carboxylic acids is 1. The van der Waals surface area contributed by atoms with Crippen LogP contribution in [0.15, 0.2) is 177 Å². The summed E-state index contributed by atoms with van der Waals surface area (Å²) in [7, 11) is 1.48. The zero-order valence-electron chi connectivity index (χ0n) is 53.3. The van der Waals surface area contributed by atoms with Crippen molar-refractivity contribution in [3.05, 3.63) is 205 Å². The summed E-state index contributed by atoms with van der Waals surface area (Å²) >= 11 is 18.6. The molecule has 0 bridgehead atoms. The van der Waals surface area contributed by atoms with Gasteiger partial charge in [0.25, 0.3) is 9.70 Å². The average Bonchev–Trinajstić information content (AvgIpc) is 0.795. The Hall–Kier alpha value is -4.80. The minimum atomic E-state index is -2.49. The van der Waals surface area contributed by atoms with Gasteiger partial charge in [0.05, 0.1) is 71.7 Å². The van der Waals surface area contributed by atoms with Gasteiger partial charge >= 0.3 is 0 Å². The van der Waals surface area contributed by atoms with Crippen LogP contribution in [0.5, 0.6) is 0 Å². The summed E-state index contributed by atoms with van der Waals surface area (Å²) in [5.74, 6) is -2.24. The first-order chi connectivity index (χ1) is 45.5. The van der Waals surface area contributed by atoms with Crippen molar-refractivity contribution in [2.45, 2.75) is 193 Å². The van der Waals surface area contributed by atoms with Crippen LogP contribution in [0.3, 0.4) is 0 Å². The second kappa shape index (κ2) is 34.6. The van der Waals surface area contributed by atoms with E-state index in [1.54, 1.807) is 32.9 Å². The van der Waals surface area contributed by atoms with Gasteiger partial charge in [0.15, 0.2) is 30.9 Å². The Kier molecular flexibility index (Phi) is 26.5. The number of alkyl halides is 3. The molecule has 20 atom stereocenters. The van der Waals surface area contributed by atoms with E-state index in [2.05, 4.69) is 18.5 Å². The van der Waals surface area contributed by atoms with Gasteiger partial charge < -0.3 is 90.9 Å². The number of nitrogens with one attached hydrogen (secondary N) is 1. The lowest BCUT2D eigenvalue weighted by Crippen LogP contribution is -2.71. The van der Waals surface area contributed by atoms with E-state index in [0.717, 1.165) is 27.8 Å². The number of hydrogen-bond acceptors (Lipinski definition) is 19. The van der Waals surface area contributed by atoms with E-state index in [0.29, 0.717) is 0 Å². The van der Waals surface area contributed by atoms with Gasteiger partial charge in [0.1, 0.15) is 85.4 Å². The summed E-state index contributed by atoms with van der Waals surface area (Å²) < 4.78 is 114. The molecule has 0 aromatic heterocycles. The van der Waals surface area contributed by atoms with E-state index >= 15 is 0 Å². The predicted octanol–water partition coefficient (Wildman–Crippen LogP) is 9.80. The normalized spacial score (nSPS) is 32.6. The zero-order valence-corrected chi connectivity index (χ0v) is 55.6. The fourth-order valence-corrected chi connectivity index (χ4v) is 12.3. The van der Waals surface area contributed by atoms with Crippen LogP contribution in [0.4, 0.5) is 0 Å². The molecular formula is C71H86Cl3NO19. The summed E-state index contributed by atoms with van der Waals surface area (Å²) in [6, 6.07) is 47.5. The molecule has 0 unspecified atom stereocenters. The third-order valence-corrected chi connectivity index (χ3v) is 17.3. The Morgan fingerprint density at radius 1 is 0.543 bits per heavy atom. The molecule has 0 radical (unpaired) electrons. The number of rotatable bonds is 30. The number of halogens is 3. The van der Waals surface area contributed by atoms with Crippen molar-refractivity contribution < 1.29 is 90.4 Å². The molecular weight excluding hydrogens is 1280 g/mol. The predicted molar refractivity (Wildman–Crippen MR) is 347 cm³/mol. The highest BCUT2D eigenvalue weighted by molar-refractivity contribution is 6.76. The second-order valence-electron chi connectivity index (χ2n) is 24.0. The number of hydrogen-bond donors (Lipinski definition) is 2. The van der Waals surface area contributed by atoms with Crippen molar-refractivity contribution in [2.75, 3.05) is 33.5 Å². The van der Waals surface area contributed by atoms with Crippen molar-refractivity contribution in [3.8, 4) is 0 Å². The first-order valence-corrected chi connectivity index (χ1v) is 32.8. The van der Waals surface area contributed by atoms with Crippen molar-refractivity contribution >= 4 is 40.7 Å². The fourth-order valence-electron chi connectivity index (χ4n) is 12.1. The van der Waals surface area contributed by atoms with Crippen LogP contribution >= 0.6 is 34.8 Å². The SMILES string of the molecule is C=CCO[C@@H]1[C@@H](OCC=C)[C@H](C)O[C@@H](O[C@H]2[C@H](OC)O[C@@H](C)[C@H](OCc3ccccc3)[C@H]2O[C@H]2O[C@H](COCc3ccccc3)[C@@H](OCc3ccccc3)[C@H](OCc3ccccc3)[C@H]2OCc2ccccc2)[C@@H]1O[C@@H]1O[C@@H]2COC(C)(C)O[C@H]2[C@H](O)[C@H]1NC(=O)C(Cl)(Cl)Cl. The lowest BCUT2D eigenvalue weighted by molar-refractivity contribution is -0.412. The molecule has 10 rings (SSSR count). The monoisotopic (exact) mass is 1360 g/mol. The molecule has 2 N–H and O–H groups in total. The van der Waals surface area contributed by atoms with Gasteiger partial charge in [-0.2, -0.15) is 0 Å². The number of benzene rings is 5. The Bertz CT molecular complexity index is 3070. The lowest BCUT2D eigenvalue weighted by atomic mass is 9.94. The Balaban J connectivity index is 1.08. The molecule has 510 valence electrons. The van der Waals surface area contributed by atoms with Gasteiger partial charge in [-0.05, 0) is 55.5 Å². The summed E-state index contributed by atoms with van der Waals surface area (Å²) in [5.41, 5.74) is 4.50. The summed E-state index contributed by atoms with van der Waals surface area (Å²) in [6.07, 6.45) is -18.1. The van der Waals surface area contributed by atoms with E-state index in [1.807, 2.05) is 159 Å². The Morgan fingerprint density at radius 3 is 1.47 bits per heavy atom. The number of carbonyl (C=O) groups is 1. The van der Waals surface area contributed by atoms with Crippen LogP contribution in [-0.4, -0.2) is 177 Å². The van der Waals surface area contributed by atoms with Gasteiger partial charge in [-0.3, -0.25) is 4.79 Å². The van der Waals surface area contributed by atoms with Crippen molar-refractivity contribution in [1.82, 2.24) is 5.32 Å². The minimum Gasteiger partial charge on any atom is -0.388 e. The van der Waals surface area contributed by atoms with Gasteiger partial charge in [0, 0.05) is 7.11 Å². The van der Waals surface area contributed by atoms with E-state index in [4.69, 9.17) is 115 Å². The molecule has 5 heterocycles. The topological polar surface area (TPSA) is 206 Å². The van der Waals surface area contributed by atoms with Crippen LogP contribution in [-0.2, 0) is 118 Å². The summed E-state index contributed by atoms with van der Waals surface area (Å²) in [6.45, 7) is 15.7. The van der Waals surface area contributed by atoms with E-state index in [1.165, 1.54) is 7.11 Å². The van der Waals surface area contributed by atoms with Gasteiger partial charge in [-0.25, -0.2) is 0 Å². The molecule has 5 aliphatic rings. The highest BCUT2D eigenvalue weighted by Crippen LogP contribution is 2.41. The highest BCUT2D eigenvalue weighted by atomic mass is 35.6. The summed E-state index contributed by atoms with van der Waals surface area (Å²) in [4.78, 5) is 13.7. The molecule has 1 amide bonds. The lowest BCUT2D eigenvalue weighted by Gasteiger charge is -2.53. The molecule has 94 heavy (non-hydrogen) atoms. The maximum Gasteiger partial charge on any atom is 0.272 e. The number of aliphatic hydroxyl groups is 1. The van der Waals surface area contributed by atoms with E-state index in [9.17, 15) is 9.90 Å². The standard InChI is InChI=1S/C71H86Cl3NO19/c1-8-35-80-55-44(3)88-68(63(59(55)81-36-9-2)92-65-53(75-69(77)71(72,73)74)54(76)57-52(89-65)43-86-70(5,6)94-57)93-64-61(56(45(4)87-66(64)78-7)82-38-47-27-17-11-18-28-47)91-67-62(85-41-50-33-23-14-24-34-50)60(84-40-49-31-21-13-22-32-49)58(83-39-48-29-19-12-20-30-48)51(90-67)42-79-37-46-25-15-10-16-26-46/h8-34,44-45,51-68,76H,1-2,35-43H2,3-7H3,(H,75,77)/t44-,45-,51+,52+,53+,54+,55-,56-,57+,58+,59+,60-,61+,62+,63+,64+,65-,66+,67+,68-/m0/s1. The first-order valence-electron chi connectivity index (χ1n) is 31.7. The number of ether oxygens (including phenoxy) is 17. The van der Waals surface area contributed by atoms with Crippen LogP contribution in [0.25, 0.3) is 0 Å². The van der Waals surface area contributed by atoms with Crippen molar-refractivity contribution in [2.24, 2.45) is 0 Å². The maximum atomic E-state index is 13.7. The second-order valence-corrected chi connectivity index (χ2v) is 26.3. The fraction of sp³-hybridized carbons (Fsp3) is 0.507. The highest BCUT2D eigenvalue weighted by Gasteiger charge is 2.59. The van der Waals surface area contributed by atoms with E-state index in [-0.39, 0.29) is 59.5 Å². The van der Waals surface area contributed by atoms with Crippen LogP contribution in [0.1, 0.15) is 55.5 Å². The van der Waals surface area contributed by atoms with Gasteiger partial charge in [0.2, 0.25) is 0 Å². The first kappa shape index (κ1) is 72.0. The third kappa shape index (κ3) is 19.1. The van der Waals surface area contributed by atoms with E-state index < -0.39 is 138 Å². The average molecular weight is 1360 g/mol. The number of methoxy groups -OCH3 is 1. The van der Waals surface area contributed by atoms with Gasteiger partial charge in [-0.15, -0.1) is 13.2 Å². The molecule has 5 saturated heterocycles. The molecule has 5 aliphatic heterocycles. The molecule has 0 spiro atoms. The molecule has 20 nitrogen and oxygen atoms in total. The molecule has 5 aromatic rings. The molecule has 5 aromatic carbocycles. The quantitative estimate of drug-likeness (QED) is 0.0324. The van der Waals surface area contributed by atoms with Crippen molar-refractivity contribution in [3.63, 3.8) is 0 Å². The minimum absolute atomic E-state index is 0.0178. The molecule has 23 heteroatoms. The third-order valence-electron chi connectivity index (χ3n) is 16.7. The molecule has 5 fully saturated rings. The largest absolute Gasteiger partial charge is 0.388 e. The Labute approximate surface area is 565 Å². The maximum absolute atomic E-state index is 13.7. The van der Waals surface area contributed by atoms with Crippen LogP contribution in [0, 0.1) is 0 Å². The number of fused-ring (bicyclic) bond motifs is 1. The number of amides is 1. The van der Waals surface area contributed by atoms with Crippen molar-refractivity contribution in [1.29, 1.82) is 0 Å². The van der Waals surface area contributed by atoms with Gasteiger partial charge in [-0.1, -0.05) is 199 Å². The smallest absolute Gasteiger partial charge is 0.272 e. The molecule has 0 aliphatic carbocycles. The number of aliphatic hydroxyl groups excluding tert-OH is 1. The zero-order chi connectivity index (χ0) is 66.2. The van der Waals surface area contributed by atoms with Crippen LogP contribution in [0.2, 0.25) is 0 Å².